The smallest absolute Gasteiger partial charge is 0.224 e. The van der Waals surface area contributed by atoms with Gasteiger partial charge in [0, 0.05) is 48.4 Å². The summed E-state index contributed by atoms with van der Waals surface area (Å²) in [7, 11) is 0. The molecule has 0 spiro atoms. The zero-order valence-electron chi connectivity index (χ0n) is 16.0. The molecule has 148 valence electrons. The van der Waals surface area contributed by atoms with Crippen molar-refractivity contribution in [1.82, 2.24) is 0 Å². The van der Waals surface area contributed by atoms with Gasteiger partial charge in [0.05, 0.1) is 4.88 Å². The molecule has 0 radical (unpaired) electrons. The molecule has 0 saturated heterocycles. The Morgan fingerprint density at radius 2 is 1.50 bits per heavy atom. The molecule has 28 heavy (non-hydrogen) atoms. The third-order valence-corrected chi connectivity index (χ3v) is 5.07. The molecule has 1 heterocycles. The molecule has 7 heteroatoms. The van der Waals surface area contributed by atoms with E-state index in [0.717, 1.165) is 4.88 Å². The summed E-state index contributed by atoms with van der Waals surface area (Å²) in [5.74, 6) is -0.545. The maximum atomic E-state index is 12.1. The van der Waals surface area contributed by atoms with Gasteiger partial charge in [0.15, 0.2) is 5.78 Å². The molecular formula is C21H24N2O4S. The largest absolute Gasteiger partial charge is 0.326 e. The Labute approximate surface area is 168 Å². The van der Waals surface area contributed by atoms with E-state index in [2.05, 4.69) is 10.6 Å². The van der Waals surface area contributed by atoms with Crippen molar-refractivity contribution in [3.8, 4) is 0 Å². The van der Waals surface area contributed by atoms with Crippen molar-refractivity contribution >= 4 is 46.1 Å². The Morgan fingerprint density at radius 3 is 2.11 bits per heavy atom. The molecule has 2 N–H and O–H groups in total. The zero-order valence-corrected chi connectivity index (χ0v) is 16.9. The van der Waals surface area contributed by atoms with Crippen LogP contribution in [0, 0.1) is 6.92 Å². The van der Waals surface area contributed by atoms with Gasteiger partial charge in [0.1, 0.15) is 5.78 Å². The van der Waals surface area contributed by atoms with E-state index in [0.29, 0.717) is 22.7 Å². The fourth-order valence-electron chi connectivity index (χ4n) is 2.49. The molecule has 6 nitrogen and oxygen atoms in total. The van der Waals surface area contributed by atoms with Crippen molar-refractivity contribution in [3.63, 3.8) is 0 Å². The Hall–Kier alpha value is -2.80. The first-order chi connectivity index (χ1) is 13.4. The van der Waals surface area contributed by atoms with Gasteiger partial charge in [-0.15, -0.1) is 11.3 Å². The van der Waals surface area contributed by atoms with E-state index in [-0.39, 0.29) is 49.1 Å². The number of thiophene rings is 1. The van der Waals surface area contributed by atoms with E-state index in [9.17, 15) is 19.2 Å². The van der Waals surface area contributed by atoms with Crippen molar-refractivity contribution in [2.45, 2.75) is 46.0 Å². The Balaban J connectivity index is 1.74. The highest BCUT2D eigenvalue weighted by molar-refractivity contribution is 7.14. The molecular weight excluding hydrogens is 376 g/mol. The maximum Gasteiger partial charge on any atom is 0.224 e. The zero-order chi connectivity index (χ0) is 20.5. The first-order valence-electron chi connectivity index (χ1n) is 9.18. The third-order valence-electron chi connectivity index (χ3n) is 4.03. The van der Waals surface area contributed by atoms with E-state index in [1.807, 2.05) is 13.0 Å². The van der Waals surface area contributed by atoms with Gasteiger partial charge in [-0.3, -0.25) is 19.2 Å². The second-order valence-corrected chi connectivity index (χ2v) is 7.69. The minimum atomic E-state index is -0.285. The van der Waals surface area contributed by atoms with Crippen LogP contribution in [-0.2, 0) is 14.4 Å². The van der Waals surface area contributed by atoms with Crippen LogP contribution in [0.2, 0.25) is 0 Å². The van der Waals surface area contributed by atoms with E-state index < -0.39 is 0 Å². The normalized spacial score (nSPS) is 10.4. The third kappa shape index (κ3) is 7.08. The Kier molecular flexibility index (Phi) is 8.07. The molecule has 0 atom stereocenters. The van der Waals surface area contributed by atoms with Gasteiger partial charge >= 0.3 is 0 Å². The predicted molar refractivity (Wildman–Crippen MR) is 111 cm³/mol. The fraction of sp³-hybridized carbons (Fsp3) is 0.333. The summed E-state index contributed by atoms with van der Waals surface area (Å²) in [6.45, 7) is 3.69. The molecule has 0 saturated carbocycles. The quantitative estimate of drug-likeness (QED) is 0.580. The van der Waals surface area contributed by atoms with Crippen molar-refractivity contribution in [3.05, 3.63) is 46.2 Å². The van der Waals surface area contributed by atoms with Crippen LogP contribution in [0.25, 0.3) is 0 Å². The molecule has 2 amide bonds. The van der Waals surface area contributed by atoms with Crippen LogP contribution in [0.4, 0.5) is 11.4 Å². The molecule has 0 unspecified atom stereocenters. The van der Waals surface area contributed by atoms with Gasteiger partial charge in [-0.2, -0.15) is 0 Å². The number of nitrogens with one attached hydrogen (secondary N) is 2. The summed E-state index contributed by atoms with van der Waals surface area (Å²) in [6.07, 6.45) is 0.819. The second-order valence-electron chi connectivity index (χ2n) is 6.40. The van der Waals surface area contributed by atoms with Gasteiger partial charge < -0.3 is 10.6 Å². The highest BCUT2D eigenvalue weighted by atomic mass is 32.1. The maximum absolute atomic E-state index is 12.1. The van der Waals surface area contributed by atoms with Crippen molar-refractivity contribution in [2.75, 3.05) is 10.6 Å². The predicted octanol–water partition coefficient (Wildman–Crippen LogP) is 4.36. The summed E-state index contributed by atoms with van der Waals surface area (Å²) >= 11 is 1.42. The van der Waals surface area contributed by atoms with Crippen LogP contribution < -0.4 is 10.6 Å². The fourth-order valence-corrected chi connectivity index (χ4v) is 3.32. The summed E-state index contributed by atoms with van der Waals surface area (Å²) in [5.41, 5.74) is 1.15. The number of benzene rings is 1. The van der Waals surface area contributed by atoms with Gasteiger partial charge in [-0.25, -0.2) is 0 Å². The molecule has 2 rings (SSSR count). The summed E-state index contributed by atoms with van der Waals surface area (Å²) in [5, 5.41) is 5.44. The van der Waals surface area contributed by atoms with Crippen LogP contribution in [0.3, 0.4) is 0 Å². The molecule has 0 aliphatic rings. The lowest BCUT2D eigenvalue weighted by Gasteiger charge is -2.08. The molecule has 0 aliphatic carbocycles. The number of carbonyl (C=O) groups excluding carboxylic acids is 4. The number of rotatable bonds is 10. The van der Waals surface area contributed by atoms with Crippen LogP contribution in [0.15, 0.2) is 36.4 Å². The number of hydrogen-bond donors (Lipinski definition) is 2. The first-order valence-corrected chi connectivity index (χ1v) is 10.00. The van der Waals surface area contributed by atoms with Gasteiger partial charge in [0.25, 0.3) is 0 Å². The number of ketones is 2. The summed E-state index contributed by atoms with van der Waals surface area (Å²) < 4.78 is 0. The van der Waals surface area contributed by atoms with Crippen molar-refractivity contribution < 1.29 is 19.2 Å². The van der Waals surface area contributed by atoms with Gasteiger partial charge in [0.2, 0.25) is 11.8 Å². The van der Waals surface area contributed by atoms with Crippen molar-refractivity contribution in [2.24, 2.45) is 0 Å². The molecule has 1 aromatic heterocycles. The second kappa shape index (κ2) is 10.5. The highest BCUT2D eigenvalue weighted by Gasteiger charge is 2.13. The van der Waals surface area contributed by atoms with E-state index in [1.54, 1.807) is 37.3 Å². The van der Waals surface area contributed by atoms with E-state index in [1.165, 1.54) is 11.3 Å². The van der Waals surface area contributed by atoms with E-state index in [4.69, 9.17) is 0 Å². The monoisotopic (exact) mass is 400 g/mol. The molecule has 0 aliphatic heterocycles. The van der Waals surface area contributed by atoms with Crippen LogP contribution in [-0.4, -0.2) is 23.4 Å². The lowest BCUT2D eigenvalue weighted by atomic mass is 10.1. The number of aryl methyl sites for hydroxylation is 1. The average Bonchev–Trinajstić information content (AvgIpc) is 3.11. The molecule has 2 aromatic rings. The SMILES string of the molecule is CCC(=O)Nc1cccc(NC(=O)CCC(=O)CCC(=O)c2ccc(C)s2)c1. The van der Waals surface area contributed by atoms with Crippen LogP contribution in [0.5, 0.6) is 0 Å². The topological polar surface area (TPSA) is 92.3 Å². The van der Waals surface area contributed by atoms with E-state index >= 15 is 0 Å². The average molecular weight is 401 g/mol. The van der Waals surface area contributed by atoms with Gasteiger partial charge in [-0.1, -0.05) is 13.0 Å². The standard InChI is InChI=1S/C21H24N2O4S/c1-3-20(26)22-15-5-4-6-16(13-15)23-21(27)12-9-17(24)8-10-18(25)19-11-7-14(2)28-19/h4-7,11,13H,3,8-10,12H2,1-2H3,(H,22,26)(H,23,27). The first kappa shape index (κ1) is 21.5. The number of hydrogen-bond acceptors (Lipinski definition) is 5. The molecule has 0 fully saturated rings. The Bertz CT molecular complexity index is 873. The minimum Gasteiger partial charge on any atom is -0.326 e. The van der Waals surface area contributed by atoms with Crippen molar-refractivity contribution in [1.29, 1.82) is 0 Å². The molecule has 0 bridgehead atoms. The highest BCUT2D eigenvalue weighted by Crippen LogP contribution is 2.18. The molecule has 1 aromatic carbocycles. The lowest BCUT2D eigenvalue weighted by Crippen LogP contribution is -2.14. The Morgan fingerprint density at radius 1 is 0.857 bits per heavy atom. The minimum absolute atomic E-state index is 0.0400. The van der Waals surface area contributed by atoms with Crippen LogP contribution >= 0.6 is 11.3 Å². The lowest BCUT2D eigenvalue weighted by molar-refractivity contribution is -0.122. The summed E-state index contributed by atoms with van der Waals surface area (Å²) in [4.78, 5) is 49.2. The number of amides is 2. The van der Waals surface area contributed by atoms with Gasteiger partial charge in [-0.05, 0) is 37.3 Å². The number of Topliss-reactive ketones (excluding diaryl/α,β-unsaturated/α-hetero) is 2. The van der Waals surface area contributed by atoms with Crippen LogP contribution in [0.1, 0.15) is 53.6 Å². The number of carbonyl (C=O) groups is 4. The number of anilines is 2. The summed E-state index contributed by atoms with van der Waals surface area (Å²) in [6, 6.07) is 10.5.